The second kappa shape index (κ2) is 5.07. The van der Waals surface area contributed by atoms with Gasteiger partial charge in [0.2, 0.25) is 0 Å². The van der Waals surface area contributed by atoms with Gasteiger partial charge in [0.15, 0.2) is 0 Å². The second-order valence-electron chi connectivity index (χ2n) is 4.43. The van der Waals surface area contributed by atoms with E-state index in [9.17, 15) is 12.3 Å². The Balaban J connectivity index is 4.62. The Hall–Kier alpha value is -0.160. The summed E-state index contributed by atoms with van der Waals surface area (Å²) in [5.74, 6) is -0.559. The average Bonchev–Trinajstić information content (AvgIpc) is 1.96. The molecule has 2 N–H and O–H groups in total. The summed E-state index contributed by atoms with van der Waals surface area (Å²) >= 11 is 0. The van der Waals surface area contributed by atoms with Gasteiger partial charge in [0.05, 0.1) is 5.75 Å². The van der Waals surface area contributed by atoms with Crippen molar-refractivity contribution in [2.24, 2.45) is 23.5 Å². The summed E-state index contributed by atoms with van der Waals surface area (Å²) < 4.78 is 33.6. The summed E-state index contributed by atoms with van der Waals surface area (Å²) in [5.41, 5.74) is 5.84. The van der Waals surface area contributed by atoms with Crippen LogP contribution in [0.4, 0.5) is 3.89 Å². The molecule has 0 aliphatic carbocycles. The smallest absolute Gasteiger partial charge is 0.302 e. The fourth-order valence-electron chi connectivity index (χ4n) is 1.47. The molecule has 0 aromatic carbocycles. The van der Waals surface area contributed by atoms with Crippen LogP contribution in [0, 0.1) is 17.8 Å². The molecule has 0 aromatic rings. The number of hydrogen-bond donors (Lipinski definition) is 1. The predicted molar refractivity (Wildman–Crippen MR) is 56.0 cm³/mol. The molecule has 3 nitrogen and oxygen atoms in total. The maximum absolute atomic E-state index is 12.5. The molecule has 5 heteroatoms. The summed E-state index contributed by atoms with van der Waals surface area (Å²) in [7, 11) is -4.43. The van der Waals surface area contributed by atoms with E-state index in [0.717, 1.165) is 0 Å². The van der Waals surface area contributed by atoms with E-state index in [1.807, 2.05) is 27.7 Å². The summed E-state index contributed by atoms with van der Waals surface area (Å²) in [5, 5.41) is 0. The van der Waals surface area contributed by atoms with Crippen molar-refractivity contribution in [3.8, 4) is 0 Å². The maximum Gasteiger partial charge on any atom is 0.302 e. The minimum absolute atomic E-state index is 0.0675. The van der Waals surface area contributed by atoms with Gasteiger partial charge in [-0.25, -0.2) is 0 Å². The van der Waals surface area contributed by atoms with Crippen molar-refractivity contribution in [2.45, 2.75) is 33.7 Å². The van der Waals surface area contributed by atoms with Crippen molar-refractivity contribution in [1.29, 1.82) is 0 Å². The first-order valence-corrected chi connectivity index (χ1v) is 6.38. The van der Waals surface area contributed by atoms with Gasteiger partial charge in [-0.3, -0.25) is 0 Å². The Bertz CT molecular complexity index is 262. The molecule has 86 valence electrons. The van der Waals surface area contributed by atoms with Gasteiger partial charge in [0.1, 0.15) is 0 Å². The summed E-state index contributed by atoms with van der Waals surface area (Å²) in [4.78, 5) is 0. The Morgan fingerprint density at radius 3 is 1.79 bits per heavy atom. The third kappa shape index (κ3) is 4.91. The van der Waals surface area contributed by atoms with Crippen LogP contribution in [-0.2, 0) is 10.2 Å². The summed E-state index contributed by atoms with van der Waals surface area (Å²) in [6.45, 7) is 7.53. The zero-order chi connectivity index (χ0) is 11.5. The van der Waals surface area contributed by atoms with Crippen molar-refractivity contribution in [2.75, 3.05) is 5.75 Å². The van der Waals surface area contributed by atoms with Crippen LogP contribution in [0.15, 0.2) is 0 Å². The molecule has 2 unspecified atom stereocenters. The Morgan fingerprint density at radius 2 is 1.57 bits per heavy atom. The molecule has 0 aliphatic rings. The SMILES string of the molecule is CC(C)C(N)C(CS(=O)(=O)F)C(C)C. The maximum atomic E-state index is 12.5. The second-order valence-corrected chi connectivity index (χ2v) is 5.85. The first kappa shape index (κ1) is 13.8. The van der Waals surface area contributed by atoms with E-state index in [1.165, 1.54) is 0 Å². The fraction of sp³-hybridized carbons (Fsp3) is 1.00. The van der Waals surface area contributed by atoms with Crippen LogP contribution in [0.25, 0.3) is 0 Å². The lowest BCUT2D eigenvalue weighted by Gasteiger charge is -2.28. The molecule has 2 atom stereocenters. The molecule has 14 heavy (non-hydrogen) atoms. The van der Waals surface area contributed by atoms with E-state index in [0.29, 0.717) is 0 Å². The molecule has 0 spiro atoms. The molecule has 0 rings (SSSR count). The van der Waals surface area contributed by atoms with Crippen LogP contribution in [0.5, 0.6) is 0 Å². The highest BCUT2D eigenvalue weighted by molar-refractivity contribution is 7.86. The molecule has 0 heterocycles. The van der Waals surface area contributed by atoms with Gasteiger partial charge in [-0.1, -0.05) is 27.7 Å². The van der Waals surface area contributed by atoms with E-state index in [2.05, 4.69) is 0 Å². The fourth-order valence-corrected chi connectivity index (χ4v) is 2.54. The molecule has 0 fully saturated rings. The van der Waals surface area contributed by atoms with Gasteiger partial charge in [-0.05, 0) is 17.8 Å². The highest BCUT2D eigenvalue weighted by atomic mass is 32.3. The first-order chi connectivity index (χ1) is 6.15. The molecular weight excluding hydrogens is 205 g/mol. The molecule has 0 radical (unpaired) electrons. The van der Waals surface area contributed by atoms with E-state index in [4.69, 9.17) is 5.73 Å². The molecule has 0 amide bonds. The van der Waals surface area contributed by atoms with Crippen molar-refractivity contribution >= 4 is 10.2 Å². The Morgan fingerprint density at radius 1 is 1.14 bits per heavy atom. The van der Waals surface area contributed by atoms with Crippen molar-refractivity contribution in [3.63, 3.8) is 0 Å². The van der Waals surface area contributed by atoms with Gasteiger partial charge >= 0.3 is 10.2 Å². The first-order valence-electron chi connectivity index (χ1n) is 4.83. The van der Waals surface area contributed by atoms with Gasteiger partial charge in [0, 0.05) is 6.04 Å². The minimum Gasteiger partial charge on any atom is -0.327 e. The molecule has 0 saturated heterocycles. The Labute approximate surface area is 86.1 Å². The van der Waals surface area contributed by atoms with Crippen molar-refractivity contribution < 1.29 is 12.3 Å². The molecule has 0 aliphatic heterocycles. The summed E-state index contributed by atoms with van der Waals surface area (Å²) in [6, 6.07) is -0.277. The van der Waals surface area contributed by atoms with Crippen LogP contribution >= 0.6 is 0 Å². The lowest BCUT2D eigenvalue weighted by Crippen LogP contribution is -2.41. The van der Waals surface area contributed by atoms with Gasteiger partial charge in [-0.2, -0.15) is 8.42 Å². The van der Waals surface area contributed by atoms with E-state index in [1.54, 1.807) is 0 Å². The highest BCUT2D eigenvalue weighted by Gasteiger charge is 2.28. The number of halogens is 1. The standard InChI is InChI=1S/C9H20FNO2S/c1-6(2)8(5-14(10,12)13)9(11)7(3)4/h6-9H,5,11H2,1-4H3. The predicted octanol–water partition coefficient (Wildman–Crippen LogP) is 1.54. The van der Waals surface area contributed by atoms with Crippen LogP contribution in [0.3, 0.4) is 0 Å². The lowest BCUT2D eigenvalue weighted by atomic mass is 9.85. The molecular formula is C9H20FNO2S. The topological polar surface area (TPSA) is 60.2 Å². The van der Waals surface area contributed by atoms with Gasteiger partial charge < -0.3 is 5.73 Å². The largest absolute Gasteiger partial charge is 0.327 e. The molecule has 0 bridgehead atoms. The third-order valence-corrected chi connectivity index (χ3v) is 3.30. The summed E-state index contributed by atoms with van der Waals surface area (Å²) in [6.07, 6.45) is 0. The number of nitrogens with two attached hydrogens (primary N) is 1. The van der Waals surface area contributed by atoms with Crippen LogP contribution in [0.1, 0.15) is 27.7 Å². The Kier molecular flexibility index (Phi) is 5.01. The highest BCUT2D eigenvalue weighted by Crippen LogP contribution is 2.21. The van der Waals surface area contributed by atoms with Crippen molar-refractivity contribution in [1.82, 2.24) is 0 Å². The lowest BCUT2D eigenvalue weighted by molar-refractivity contribution is 0.290. The minimum atomic E-state index is -4.43. The normalized spacial score (nSPS) is 17.4. The van der Waals surface area contributed by atoms with E-state index >= 15 is 0 Å². The van der Waals surface area contributed by atoms with Crippen LogP contribution in [0.2, 0.25) is 0 Å². The number of hydrogen-bond acceptors (Lipinski definition) is 3. The zero-order valence-corrected chi connectivity index (χ0v) is 10.0. The van der Waals surface area contributed by atoms with Crippen LogP contribution in [-0.4, -0.2) is 20.2 Å². The zero-order valence-electron chi connectivity index (χ0n) is 9.20. The molecule has 0 saturated carbocycles. The van der Waals surface area contributed by atoms with Crippen LogP contribution < -0.4 is 5.73 Å². The van der Waals surface area contributed by atoms with Gasteiger partial charge in [0.25, 0.3) is 0 Å². The van der Waals surface area contributed by atoms with Gasteiger partial charge in [-0.15, -0.1) is 3.89 Å². The number of rotatable bonds is 5. The average molecular weight is 225 g/mol. The third-order valence-electron chi connectivity index (χ3n) is 2.51. The molecule has 0 aromatic heterocycles. The van der Waals surface area contributed by atoms with E-state index in [-0.39, 0.29) is 23.8 Å². The van der Waals surface area contributed by atoms with E-state index < -0.39 is 16.0 Å². The monoisotopic (exact) mass is 225 g/mol. The van der Waals surface area contributed by atoms with Crippen molar-refractivity contribution in [3.05, 3.63) is 0 Å². The quantitative estimate of drug-likeness (QED) is 0.722.